The molecule has 0 radical (unpaired) electrons. The van der Waals surface area contributed by atoms with Crippen LogP contribution in [0.25, 0.3) is 0 Å². The Bertz CT molecular complexity index is 1020. The van der Waals surface area contributed by atoms with Crippen molar-refractivity contribution >= 4 is 5.91 Å². The number of rotatable bonds is 5. The van der Waals surface area contributed by atoms with Gasteiger partial charge in [0.05, 0.1) is 11.6 Å². The molecule has 4 rings (SSSR count). The van der Waals surface area contributed by atoms with E-state index in [0.29, 0.717) is 37.4 Å². The van der Waals surface area contributed by atoms with E-state index in [1.165, 1.54) is 24.4 Å². The van der Waals surface area contributed by atoms with E-state index in [-0.39, 0.29) is 24.1 Å². The zero-order chi connectivity index (χ0) is 21.1. The summed E-state index contributed by atoms with van der Waals surface area (Å²) in [6.45, 7) is 3.82. The van der Waals surface area contributed by atoms with Gasteiger partial charge in [-0.05, 0) is 31.2 Å². The normalized spacial score (nSPS) is 15.3. The fraction of sp³-hybridized carbons (Fsp3) is 0.333. The summed E-state index contributed by atoms with van der Waals surface area (Å²) >= 11 is 0. The van der Waals surface area contributed by atoms with Crippen molar-refractivity contribution in [1.82, 2.24) is 30.0 Å². The maximum absolute atomic E-state index is 14.0. The smallest absolute Gasteiger partial charge is 0.253 e. The van der Waals surface area contributed by atoms with Crippen LogP contribution in [0.3, 0.4) is 0 Å². The second-order valence-electron chi connectivity index (χ2n) is 7.29. The zero-order valence-corrected chi connectivity index (χ0v) is 16.6. The van der Waals surface area contributed by atoms with Crippen LogP contribution in [0, 0.1) is 11.6 Å². The molecule has 1 atom stereocenters. The molecule has 0 spiro atoms. The van der Waals surface area contributed by atoms with Crippen LogP contribution in [0.4, 0.5) is 8.78 Å². The summed E-state index contributed by atoms with van der Waals surface area (Å²) in [6.07, 6.45) is 3.72. The van der Waals surface area contributed by atoms with E-state index in [1.807, 2.05) is 16.4 Å². The summed E-state index contributed by atoms with van der Waals surface area (Å²) in [5, 5.41) is 11.5. The van der Waals surface area contributed by atoms with Gasteiger partial charge in [0.2, 0.25) is 0 Å². The Morgan fingerprint density at radius 3 is 2.67 bits per heavy atom. The highest BCUT2D eigenvalue weighted by atomic mass is 19.1. The molecule has 0 fully saturated rings. The number of hydrogen-bond acceptors (Lipinski definition) is 5. The number of carbonyl (C=O) groups is 1. The summed E-state index contributed by atoms with van der Waals surface area (Å²) in [7, 11) is 0. The van der Waals surface area contributed by atoms with Gasteiger partial charge in [0.25, 0.3) is 5.91 Å². The minimum Gasteiger partial charge on any atom is -0.342 e. The van der Waals surface area contributed by atoms with Crippen molar-refractivity contribution in [3.63, 3.8) is 0 Å². The average molecular weight is 412 g/mol. The van der Waals surface area contributed by atoms with Gasteiger partial charge < -0.3 is 9.88 Å². The van der Waals surface area contributed by atoms with E-state index in [4.69, 9.17) is 0 Å². The van der Waals surface area contributed by atoms with Gasteiger partial charge in [0.1, 0.15) is 17.5 Å². The number of halogens is 2. The van der Waals surface area contributed by atoms with Gasteiger partial charge >= 0.3 is 0 Å². The summed E-state index contributed by atoms with van der Waals surface area (Å²) in [4.78, 5) is 18.4. The number of pyridine rings is 1. The molecule has 156 valence electrons. The highest BCUT2D eigenvalue weighted by Gasteiger charge is 2.24. The Labute approximate surface area is 172 Å². The minimum atomic E-state index is -0.536. The van der Waals surface area contributed by atoms with Crippen molar-refractivity contribution in [3.05, 3.63) is 77.1 Å². The predicted octanol–water partition coefficient (Wildman–Crippen LogP) is 2.50. The summed E-state index contributed by atoms with van der Waals surface area (Å²) in [5.74, 6) is 0.139. The zero-order valence-electron chi connectivity index (χ0n) is 16.6. The molecule has 1 aliphatic rings. The van der Waals surface area contributed by atoms with Crippen LogP contribution in [0.2, 0.25) is 0 Å². The van der Waals surface area contributed by atoms with Gasteiger partial charge in [-0.15, -0.1) is 10.2 Å². The number of fused-ring (bicyclic) bond motifs is 1. The topological polar surface area (TPSA) is 75.9 Å². The molecule has 7 nitrogen and oxygen atoms in total. The molecule has 9 heteroatoms. The molecular weight excluding hydrogens is 390 g/mol. The average Bonchev–Trinajstić information content (AvgIpc) is 3.05. The van der Waals surface area contributed by atoms with E-state index >= 15 is 0 Å². The fourth-order valence-electron chi connectivity index (χ4n) is 3.62. The molecule has 1 aliphatic heterocycles. The molecule has 1 N–H and O–H groups in total. The van der Waals surface area contributed by atoms with Crippen molar-refractivity contribution in [2.45, 2.75) is 32.5 Å². The molecular formula is C21H22F2N6O. The first-order valence-corrected chi connectivity index (χ1v) is 9.81. The molecule has 0 saturated heterocycles. The van der Waals surface area contributed by atoms with Crippen LogP contribution in [-0.2, 0) is 19.5 Å². The molecule has 1 amide bonds. The van der Waals surface area contributed by atoms with Gasteiger partial charge in [-0.2, -0.15) is 0 Å². The van der Waals surface area contributed by atoms with Crippen molar-refractivity contribution in [2.75, 3.05) is 13.1 Å². The number of hydrogen-bond donors (Lipinski definition) is 1. The number of carbonyl (C=O) groups excluding carboxylic acids is 1. The maximum Gasteiger partial charge on any atom is 0.253 e. The highest BCUT2D eigenvalue weighted by Crippen LogP contribution is 2.19. The minimum absolute atomic E-state index is 0.0764. The second-order valence-corrected chi connectivity index (χ2v) is 7.29. The number of benzene rings is 1. The molecule has 0 saturated carbocycles. The van der Waals surface area contributed by atoms with E-state index in [0.717, 1.165) is 5.82 Å². The number of nitrogens with one attached hydrogen (secondary N) is 1. The lowest BCUT2D eigenvalue weighted by atomic mass is 10.2. The van der Waals surface area contributed by atoms with E-state index < -0.39 is 11.6 Å². The third kappa shape index (κ3) is 4.20. The number of nitrogens with zero attached hydrogens (tertiary/aromatic N) is 5. The maximum atomic E-state index is 14.0. The molecule has 3 heterocycles. The lowest BCUT2D eigenvalue weighted by molar-refractivity contribution is 0.0937. The number of aromatic nitrogens is 4. The lowest BCUT2D eigenvalue weighted by Gasteiger charge is -2.20. The second kappa shape index (κ2) is 8.66. The van der Waals surface area contributed by atoms with E-state index in [2.05, 4.69) is 20.5 Å². The summed E-state index contributed by atoms with van der Waals surface area (Å²) < 4.78 is 30.0. The Balaban J connectivity index is 1.44. The molecule has 0 bridgehead atoms. The third-order valence-corrected chi connectivity index (χ3v) is 5.25. The molecule has 0 aliphatic carbocycles. The fourth-order valence-corrected chi connectivity index (χ4v) is 3.62. The third-order valence-electron chi connectivity index (χ3n) is 5.25. The molecule has 1 unspecified atom stereocenters. The van der Waals surface area contributed by atoms with Gasteiger partial charge in [0.15, 0.2) is 5.82 Å². The summed E-state index contributed by atoms with van der Waals surface area (Å²) in [5.41, 5.74) is 0.547. The highest BCUT2D eigenvalue weighted by molar-refractivity contribution is 5.93. The molecule has 1 aromatic carbocycles. The Hall–Kier alpha value is -3.20. The first-order valence-electron chi connectivity index (χ1n) is 9.81. The van der Waals surface area contributed by atoms with Crippen molar-refractivity contribution in [2.24, 2.45) is 0 Å². The van der Waals surface area contributed by atoms with Crippen LogP contribution in [-0.4, -0.2) is 43.6 Å². The van der Waals surface area contributed by atoms with Crippen molar-refractivity contribution in [1.29, 1.82) is 0 Å². The number of amides is 1. The Morgan fingerprint density at radius 1 is 1.13 bits per heavy atom. The van der Waals surface area contributed by atoms with Crippen LogP contribution in [0.1, 0.15) is 40.5 Å². The van der Waals surface area contributed by atoms with Gasteiger partial charge in [-0.3, -0.25) is 14.7 Å². The van der Waals surface area contributed by atoms with Gasteiger partial charge in [0, 0.05) is 50.6 Å². The van der Waals surface area contributed by atoms with Crippen LogP contribution in [0.15, 0.2) is 42.7 Å². The summed E-state index contributed by atoms with van der Waals surface area (Å²) in [6, 6.07) is 6.96. The quantitative estimate of drug-likeness (QED) is 0.697. The SMILES string of the molecule is CC(NC(=O)c1cccnc1)c1nnc2n1CCN(Cc1c(F)cccc1F)CC2. The van der Waals surface area contributed by atoms with Gasteiger partial charge in [-0.1, -0.05) is 6.07 Å². The first-order chi connectivity index (χ1) is 14.5. The Morgan fingerprint density at radius 2 is 1.93 bits per heavy atom. The molecule has 3 aromatic rings. The van der Waals surface area contributed by atoms with Crippen molar-refractivity contribution in [3.8, 4) is 0 Å². The first kappa shape index (κ1) is 20.1. The van der Waals surface area contributed by atoms with Crippen LogP contribution < -0.4 is 5.32 Å². The van der Waals surface area contributed by atoms with Gasteiger partial charge in [-0.25, -0.2) is 8.78 Å². The lowest BCUT2D eigenvalue weighted by Crippen LogP contribution is -2.30. The van der Waals surface area contributed by atoms with Crippen LogP contribution in [0.5, 0.6) is 0 Å². The monoisotopic (exact) mass is 412 g/mol. The van der Waals surface area contributed by atoms with E-state index in [9.17, 15) is 13.6 Å². The predicted molar refractivity (Wildman–Crippen MR) is 105 cm³/mol. The molecule has 2 aromatic heterocycles. The Kier molecular flexibility index (Phi) is 5.80. The van der Waals surface area contributed by atoms with E-state index in [1.54, 1.807) is 18.3 Å². The molecule has 30 heavy (non-hydrogen) atoms. The largest absolute Gasteiger partial charge is 0.342 e. The standard InChI is InChI=1S/C21H22F2N6O/c1-14(25-21(30)15-4-3-8-24-12-15)20-27-26-19-7-9-28(10-11-29(19)20)13-16-17(22)5-2-6-18(16)23/h2-6,8,12,14H,7,9-11,13H2,1H3,(H,25,30). The van der Waals surface area contributed by atoms with Crippen molar-refractivity contribution < 1.29 is 13.6 Å². The van der Waals surface area contributed by atoms with Crippen LogP contribution >= 0.6 is 0 Å².